The van der Waals surface area contributed by atoms with Crippen LogP contribution in [0.15, 0.2) is 59.9 Å². The van der Waals surface area contributed by atoms with E-state index >= 15 is 4.57 Å². The minimum atomic E-state index is -3.97. The van der Waals surface area contributed by atoms with Crippen molar-refractivity contribution < 1.29 is 27.2 Å². The molecule has 246 valence electrons. The molecule has 0 radical (unpaired) electrons. The van der Waals surface area contributed by atoms with Crippen LogP contribution < -0.4 is 5.32 Å². The van der Waals surface area contributed by atoms with Crippen molar-refractivity contribution in [3.63, 3.8) is 0 Å². The van der Waals surface area contributed by atoms with Crippen LogP contribution in [0.25, 0.3) is 5.57 Å². The zero-order valence-corrected chi connectivity index (χ0v) is 29.7. The number of fused-ring (bicyclic) bond motifs is 1. The standard InChI is InChI=1S/C33H51ClN2O6P2/c1-7-39-43(37,40-8-2)32-28-20-15-14-19-27(28)31(33(32)44(38,41-9-3)42-10-4)29(21-16-24-35-5)30(22-23-34)36(6)25-26-17-12-11-13-18-26/h11-15,17-20,29-30,32,35H,7-10,16,21-25H2,1-6H3. The quantitative estimate of drug-likeness (QED) is 0.0803. The smallest absolute Gasteiger partial charge is 0.320 e. The first-order valence-electron chi connectivity index (χ1n) is 15.8. The van der Waals surface area contributed by atoms with Crippen molar-refractivity contribution in [2.24, 2.45) is 5.92 Å². The molecule has 0 bridgehead atoms. The van der Waals surface area contributed by atoms with Gasteiger partial charge in [0.25, 0.3) is 0 Å². The Labute approximate surface area is 269 Å². The number of hydrogen-bond donors (Lipinski definition) is 1. The number of benzene rings is 2. The second-order valence-electron chi connectivity index (χ2n) is 10.8. The number of halogens is 1. The summed E-state index contributed by atoms with van der Waals surface area (Å²) in [5.74, 6) is 0.313. The highest BCUT2D eigenvalue weighted by Crippen LogP contribution is 2.77. The normalized spacial score (nSPS) is 16.9. The highest BCUT2D eigenvalue weighted by Gasteiger charge is 2.54. The molecule has 0 saturated heterocycles. The zero-order chi connectivity index (χ0) is 32.2. The van der Waals surface area contributed by atoms with Crippen LogP contribution >= 0.6 is 26.8 Å². The van der Waals surface area contributed by atoms with Crippen LogP contribution in [0.5, 0.6) is 0 Å². The summed E-state index contributed by atoms with van der Waals surface area (Å²) in [7, 11) is -3.79. The van der Waals surface area contributed by atoms with E-state index in [-0.39, 0.29) is 38.4 Å². The molecule has 3 rings (SSSR count). The summed E-state index contributed by atoms with van der Waals surface area (Å²) in [6.07, 6.45) is 2.33. The Balaban J connectivity index is 2.39. The average Bonchev–Trinajstić information content (AvgIpc) is 3.36. The largest absolute Gasteiger partial charge is 0.358 e. The molecule has 1 aliphatic carbocycles. The molecule has 1 N–H and O–H groups in total. The summed E-state index contributed by atoms with van der Waals surface area (Å²) < 4.78 is 53.9. The second-order valence-corrected chi connectivity index (χ2v) is 15.3. The molecule has 44 heavy (non-hydrogen) atoms. The van der Waals surface area contributed by atoms with Crippen LogP contribution in [-0.2, 0) is 33.8 Å². The predicted octanol–water partition coefficient (Wildman–Crippen LogP) is 8.73. The van der Waals surface area contributed by atoms with Crippen LogP contribution in [0, 0.1) is 5.92 Å². The zero-order valence-electron chi connectivity index (χ0n) is 27.2. The lowest BCUT2D eigenvalue weighted by Gasteiger charge is -2.37. The molecule has 3 unspecified atom stereocenters. The van der Waals surface area contributed by atoms with Gasteiger partial charge < -0.3 is 23.4 Å². The van der Waals surface area contributed by atoms with Crippen molar-refractivity contribution in [2.75, 3.05) is 52.9 Å². The van der Waals surface area contributed by atoms with Gasteiger partial charge in [0.05, 0.1) is 31.7 Å². The molecule has 0 amide bonds. The van der Waals surface area contributed by atoms with Crippen LogP contribution in [0.2, 0.25) is 0 Å². The van der Waals surface area contributed by atoms with Crippen molar-refractivity contribution >= 4 is 32.4 Å². The number of nitrogens with one attached hydrogen (secondary N) is 1. The molecular formula is C33H51ClN2O6P2. The molecule has 2 aromatic rings. The van der Waals surface area contributed by atoms with Gasteiger partial charge in [-0.25, -0.2) is 0 Å². The summed E-state index contributed by atoms with van der Waals surface area (Å²) in [6.45, 7) is 9.36. The molecule has 0 spiro atoms. The lowest BCUT2D eigenvalue weighted by molar-refractivity contribution is 0.181. The van der Waals surface area contributed by atoms with Gasteiger partial charge in [0, 0.05) is 24.4 Å². The van der Waals surface area contributed by atoms with E-state index in [4.69, 9.17) is 29.7 Å². The number of alkyl halides is 1. The summed E-state index contributed by atoms with van der Waals surface area (Å²) in [5, 5.41) is 3.67. The van der Waals surface area contributed by atoms with Crippen molar-refractivity contribution in [1.29, 1.82) is 0 Å². The fourth-order valence-corrected chi connectivity index (χ4v) is 11.6. The highest BCUT2D eigenvalue weighted by atomic mass is 35.5. The van der Waals surface area contributed by atoms with Gasteiger partial charge in [-0.1, -0.05) is 54.6 Å². The maximum absolute atomic E-state index is 15.0. The van der Waals surface area contributed by atoms with Gasteiger partial charge in [-0.15, -0.1) is 11.6 Å². The number of allylic oxidation sites excluding steroid dienone is 1. The lowest BCUT2D eigenvalue weighted by Crippen LogP contribution is -2.39. The van der Waals surface area contributed by atoms with Crippen molar-refractivity contribution in [2.45, 2.75) is 65.2 Å². The van der Waals surface area contributed by atoms with E-state index < -0.39 is 20.9 Å². The van der Waals surface area contributed by atoms with E-state index in [1.165, 1.54) is 5.56 Å². The molecular weight excluding hydrogens is 618 g/mol. The van der Waals surface area contributed by atoms with Crippen LogP contribution in [0.1, 0.15) is 69.3 Å². The Morgan fingerprint density at radius 2 is 1.45 bits per heavy atom. The van der Waals surface area contributed by atoms with Gasteiger partial charge in [0.2, 0.25) is 0 Å². The first-order valence-corrected chi connectivity index (χ1v) is 19.5. The molecule has 0 saturated carbocycles. The Kier molecular flexibility index (Phi) is 15.3. The fourth-order valence-electron chi connectivity index (χ4n) is 6.34. The van der Waals surface area contributed by atoms with E-state index in [9.17, 15) is 4.57 Å². The fraction of sp³-hybridized carbons (Fsp3) is 0.576. The molecule has 0 aliphatic heterocycles. The molecule has 8 nitrogen and oxygen atoms in total. The third kappa shape index (κ3) is 8.73. The second kappa shape index (κ2) is 18.1. The van der Waals surface area contributed by atoms with Gasteiger partial charge >= 0.3 is 15.2 Å². The third-order valence-corrected chi connectivity index (χ3v) is 13.0. The Hall–Kier alpha value is -1.31. The predicted molar refractivity (Wildman–Crippen MR) is 182 cm³/mol. The van der Waals surface area contributed by atoms with E-state index in [0.717, 1.165) is 36.1 Å². The van der Waals surface area contributed by atoms with E-state index in [0.29, 0.717) is 24.2 Å². The summed E-state index contributed by atoms with van der Waals surface area (Å²) in [6, 6.07) is 18.1. The van der Waals surface area contributed by atoms with Crippen LogP contribution in [0.4, 0.5) is 0 Å². The van der Waals surface area contributed by atoms with Crippen molar-refractivity contribution in [3.8, 4) is 0 Å². The first kappa shape index (κ1) is 37.2. The number of rotatable bonds is 21. The van der Waals surface area contributed by atoms with Crippen molar-refractivity contribution in [3.05, 3.63) is 76.6 Å². The van der Waals surface area contributed by atoms with Crippen LogP contribution in [-0.4, -0.2) is 63.9 Å². The summed E-state index contributed by atoms with van der Waals surface area (Å²) >= 11 is 6.52. The van der Waals surface area contributed by atoms with Gasteiger partial charge in [0.15, 0.2) is 0 Å². The van der Waals surface area contributed by atoms with E-state index in [1.54, 1.807) is 27.7 Å². The number of hydrogen-bond acceptors (Lipinski definition) is 8. The van der Waals surface area contributed by atoms with Crippen LogP contribution in [0.3, 0.4) is 0 Å². The Morgan fingerprint density at radius 1 is 0.864 bits per heavy atom. The summed E-state index contributed by atoms with van der Waals surface area (Å²) in [4.78, 5) is 2.33. The Bertz CT molecular complexity index is 1270. The molecule has 0 aromatic heterocycles. The summed E-state index contributed by atoms with van der Waals surface area (Å²) in [5.41, 5.74) is 2.75. The molecule has 0 fully saturated rings. The Morgan fingerprint density at radius 3 is 2.02 bits per heavy atom. The van der Waals surface area contributed by atoms with E-state index in [2.05, 4.69) is 29.4 Å². The maximum Gasteiger partial charge on any atom is 0.358 e. The monoisotopic (exact) mass is 668 g/mol. The number of nitrogens with zero attached hydrogens (tertiary/aromatic N) is 1. The van der Waals surface area contributed by atoms with Crippen molar-refractivity contribution in [1.82, 2.24) is 10.2 Å². The molecule has 1 aliphatic rings. The van der Waals surface area contributed by atoms with Gasteiger partial charge in [0.1, 0.15) is 5.66 Å². The topological polar surface area (TPSA) is 86.3 Å². The van der Waals surface area contributed by atoms with Gasteiger partial charge in [-0.2, -0.15) is 0 Å². The average molecular weight is 669 g/mol. The maximum atomic E-state index is 15.0. The SMILES string of the molecule is CCOP(=O)(OCC)C1=C(C(CCCNC)C(CCCl)N(C)Cc2ccccc2)c2ccccc2C1P(=O)(OCC)OCC. The van der Waals surface area contributed by atoms with Gasteiger partial charge in [-0.3, -0.25) is 14.0 Å². The van der Waals surface area contributed by atoms with Gasteiger partial charge in [-0.05, 0) is 89.9 Å². The minimum absolute atomic E-state index is 0.0309. The molecule has 3 atom stereocenters. The molecule has 0 heterocycles. The van der Waals surface area contributed by atoms with E-state index in [1.807, 2.05) is 49.5 Å². The third-order valence-electron chi connectivity index (χ3n) is 7.93. The molecule has 11 heteroatoms. The highest BCUT2D eigenvalue weighted by molar-refractivity contribution is 7.62. The lowest BCUT2D eigenvalue weighted by atomic mass is 9.82. The minimum Gasteiger partial charge on any atom is -0.320 e. The first-order chi connectivity index (χ1) is 21.2. The molecule has 2 aromatic carbocycles.